The SMILES string of the molecule is CCOC(=O)c1c(C)nc(-c2ccccc2)nc1N1CCOCC1. The highest BCUT2D eigenvalue weighted by Gasteiger charge is 2.25. The first kappa shape index (κ1) is 16.4. The molecule has 2 heterocycles. The quantitative estimate of drug-likeness (QED) is 0.804. The topological polar surface area (TPSA) is 64.5 Å². The van der Waals surface area contributed by atoms with Gasteiger partial charge in [-0.05, 0) is 13.8 Å². The molecule has 0 radical (unpaired) electrons. The van der Waals surface area contributed by atoms with Crippen LogP contribution in [0.25, 0.3) is 11.4 Å². The maximum atomic E-state index is 12.4. The number of nitrogens with zero attached hydrogens (tertiary/aromatic N) is 3. The highest BCUT2D eigenvalue weighted by Crippen LogP contribution is 2.26. The molecular formula is C18H21N3O3. The molecule has 1 fully saturated rings. The molecule has 6 heteroatoms. The summed E-state index contributed by atoms with van der Waals surface area (Å²) in [7, 11) is 0. The summed E-state index contributed by atoms with van der Waals surface area (Å²) in [5, 5.41) is 0. The molecule has 126 valence electrons. The standard InChI is InChI=1S/C18H21N3O3/c1-3-24-18(22)15-13(2)19-16(14-7-5-4-6-8-14)20-17(15)21-9-11-23-12-10-21/h4-8H,3,9-12H2,1-2H3. The fourth-order valence-electron chi connectivity index (χ4n) is 2.72. The van der Waals surface area contributed by atoms with Crippen molar-refractivity contribution in [1.29, 1.82) is 0 Å². The maximum absolute atomic E-state index is 12.4. The van der Waals surface area contributed by atoms with Gasteiger partial charge >= 0.3 is 5.97 Å². The third-order valence-electron chi connectivity index (χ3n) is 3.89. The van der Waals surface area contributed by atoms with Crippen molar-refractivity contribution in [2.75, 3.05) is 37.8 Å². The van der Waals surface area contributed by atoms with Crippen LogP contribution in [0, 0.1) is 6.92 Å². The van der Waals surface area contributed by atoms with E-state index in [2.05, 4.69) is 14.9 Å². The van der Waals surface area contributed by atoms with E-state index in [1.54, 1.807) is 6.92 Å². The molecule has 0 bridgehead atoms. The number of anilines is 1. The smallest absolute Gasteiger partial charge is 0.343 e. The van der Waals surface area contributed by atoms with Gasteiger partial charge in [0, 0.05) is 18.7 Å². The normalized spacial score (nSPS) is 14.5. The number of carbonyl (C=O) groups excluding carboxylic acids is 1. The predicted octanol–water partition coefficient (Wildman–Crippen LogP) is 2.47. The Morgan fingerprint density at radius 3 is 2.58 bits per heavy atom. The van der Waals surface area contributed by atoms with Crippen LogP contribution in [0.1, 0.15) is 23.0 Å². The van der Waals surface area contributed by atoms with Gasteiger partial charge in [0.05, 0.1) is 25.5 Å². The molecule has 6 nitrogen and oxygen atoms in total. The molecule has 1 saturated heterocycles. The second-order valence-electron chi connectivity index (χ2n) is 5.52. The van der Waals surface area contributed by atoms with E-state index in [0.717, 1.165) is 5.56 Å². The van der Waals surface area contributed by atoms with Crippen LogP contribution in [0.4, 0.5) is 5.82 Å². The molecule has 0 saturated carbocycles. The summed E-state index contributed by atoms with van der Waals surface area (Å²) in [4.78, 5) is 23.7. The molecule has 3 rings (SSSR count). The number of hydrogen-bond donors (Lipinski definition) is 0. The Morgan fingerprint density at radius 2 is 1.92 bits per heavy atom. The molecule has 1 aliphatic heterocycles. The first-order valence-corrected chi connectivity index (χ1v) is 8.14. The van der Waals surface area contributed by atoms with Gasteiger partial charge in [-0.2, -0.15) is 0 Å². The fraction of sp³-hybridized carbons (Fsp3) is 0.389. The van der Waals surface area contributed by atoms with Crippen LogP contribution in [-0.2, 0) is 9.47 Å². The van der Waals surface area contributed by atoms with Crippen molar-refractivity contribution >= 4 is 11.8 Å². The fourth-order valence-corrected chi connectivity index (χ4v) is 2.72. The molecule has 0 N–H and O–H groups in total. The summed E-state index contributed by atoms with van der Waals surface area (Å²) in [6, 6.07) is 9.76. The van der Waals surface area contributed by atoms with Crippen LogP contribution in [0.5, 0.6) is 0 Å². The maximum Gasteiger partial charge on any atom is 0.343 e. The van der Waals surface area contributed by atoms with Gasteiger partial charge in [0.1, 0.15) is 11.4 Å². The van der Waals surface area contributed by atoms with Gasteiger partial charge in [-0.25, -0.2) is 14.8 Å². The Bertz CT molecular complexity index is 713. The van der Waals surface area contributed by atoms with Crippen molar-refractivity contribution in [3.05, 3.63) is 41.6 Å². The van der Waals surface area contributed by atoms with E-state index in [1.807, 2.05) is 37.3 Å². The highest BCUT2D eigenvalue weighted by molar-refractivity contribution is 5.96. The molecule has 1 aromatic heterocycles. The molecule has 0 unspecified atom stereocenters. The zero-order chi connectivity index (χ0) is 16.9. The van der Waals surface area contributed by atoms with E-state index in [9.17, 15) is 4.79 Å². The molecule has 1 aromatic carbocycles. The van der Waals surface area contributed by atoms with Crippen molar-refractivity contribution in [2.45, 2.75) is 13.8 Å². The summed E-state index contributed by atoms with van der Waals surface area (Å²) in [6.45, 7) is 6.55. The lowest BCUT2D eigenvalue weighted by atomic mass is 10.1. The summed E-state index contributed by atoms with van der Waals surface area (Å²) in [6.07, 6.45) is 0. The van der Waals surface area contributed by atoms with Crippen LogP contribution in [-0.4, -0.2) is 48.8 Å². The van der Waals surface area contributed by atoms with E-state index in [0.29, 0.717) is 55.8 Å². The number of aromatic nitrogens is 2. The van der Waals surface area contributed by atoms with Gasteiger partial charge in [0.15, 0.2) is 5.82 Å². The zero-order valence-corrected chi connectivity index (χ0v) is 14.0. The van der Waals surface area contributed by atoms with Crippen molar-refractivity contribution in [3.63, 3.8) is 0 Å². The predicted molar refractivity (Wildman–Crippen MR) is 91.2 cm³/mol. The lowest BCUT2D eigenvalue weighted by Gasteiger charge is -2.29. The summed E-state index contributed by atoms with van der Waals surface area (Å²) in [5.41, 5.74) is 1.99. The number of morpholine rings is 1. The van der Waals surface area contributed by atoms with Gasteiger partial charge in [-0.1, -0.05) is 30.3 Å². The van der Waals surface area contributed by atoms with Crippen LogP contribution >= 0.6 is 0 Å². The van der Waals surface area contributed by atoms with Gasteiger partial charge < -0.3 is 14.4 Å². The number of ether oxygens (including phenoxy) is 2. The molecule has 2 aromatic rings. The van der Waals surface area contributed by atoms with Gasteiger partial charge in [0.25, 0.3) is 0 Å². The van der Waals surface area contributed by atoms with Crippen LogP contribution in [0.3, 0.4) is 0 Å². The second kappa shape index (κ2) is 7.40. The average Bonchev–Trinajstić information content (AvgIpc) is 2.62. The Kier molecular flexibility index (Phi) is 5.05. The first-order valence-electron chi connectivity index (χ1n) is 8.14. The number of esters is 1. The third-order valence-corrected chi connectivity index (χ3v) is 3.89. The van der Waals surface area contributed by atoms with E-state index >= 15 is 0 Å². The molecule has 24 heavy (non-hydrogen) atoms. The van der Waals surface area contributed by atoms with E-state index in [4.69, 9.17) is 9.47 Å². The van der Waals surface area contributed by atoms with Crippen LogP contribution in [0.2, 0.25) is 0 Å². The first-order chi connectivity index (χ1) is 11.7. The Hall–Kier alpha value is -2.47. The number of carbonyl (C=O) groups is 1. The van der Waals surface area contributed by atoms with Gasteiger partial charge in [0.2, 0.25) is 0 Å². The summed E-state index contributed by atoms with van der Waals surface area (Å²) < 4.78 is 10.6. The van der Waals surface area contributed by atoms with E-state index in [1.165, 1.54) is 0 Å². The summed E-state index contributed by atoms with van der Waals surface area (Å²) >= 11 is 0. The molecule has 0 amide bonds. The number of aryl methyl sites for hydroxylation is 1. The largest absolute Gasteiger partial charge is 0.462 e. The molecule has 0 atom stereocenters. The van der Waals surface area contributed by atoms with E-state index < -0.39 is 0 Å². The monoisotopic (exact) mass is 327 g/mol. The number of hydrogen-bond acceptors (Lipinski definition) is 6. The van der Waals surface area contributed by atoms with Crippen molar-refractivity contribution in [2.24, 2.45) is 0 Å². The van der Waals surface area contributed by atoms with Crippen molar-refractivity contribution < 1.29 is 14.3 Å². The highest BCUT2D eigenvalue weighted by atomic mass is 16.5. The minimum Gasteiger partial charge on any atom is -0.462 e. The Morgan fingerprint density at radius 1 is 1.21 bits per heavy atom. The van der Waals surface area contributed by atoms with Gasteiger partial charge in [-0.15, -0.1) is 0 Å². The lowest BCUT2D eigenvalue weighted by molar-refractivity contribution is 0.0524. The Labute approximate surface area is 141 Å². The zero-order valence-electron chi connectivity index (χ0n) is 14.0. The molecule has 0 spiro atoms. The van der Waals surface area contributed by atoms with Crippen molar-refractivity contribution in [3.8, 4) is 11.4 Å². The molecule has 1 aliphatic rings. The van der Waals surface area contributed by atoms with Gasteiger partial charge in [-0.3, -0.25) is 0 Å². The minimum atomic E-state index is -0.379. The lowest BCUT2D eigenvalue weighted by Crippen LogP contribution is -2.38. The van der Waals surface area contributed by atoms with Crippen molar-refractivity contribution in [1.82, 2.24) is 9.97 Å². The molecule has 0 aliphatic carbocycles. The number of rotatable bonds is 4. The average molecular weight is 327 g/mol. The number of benzene rings is 1. The van der Waals surface area contributed by atoms with Crippen LogP contribution < -0.4 is 4.90 Å². The molecular weight excluding hydrogens is 306 g/mol. The second-order valence-corrected chi connectivity index (χ2v) is 5.52. The summed E-state index contributed by atoms with van der Waals surface area (Å²) in [5.74, 6) is 0.863. The van der Waals surface area contributed by atoms with E-state index in [-0.39, 0.29) is 5.97 Å². The third kappa shape index (κ3) is 3.38. The van der Waals surface area contributed by atoms with Crippen LogP contribution in [0.15, 0.2) is 30.3 Å². The minimum absolute atomic E-state index is 0.321. The Balaban J connectivity index is 2.09.